The molecule has 1 aliphatic heterocycles. The Morgan fingerprint density at radius 1 is 1.58 bits per heavy atom. The lowest BCUT2D eigenvalue weighted by atomic mass is 9.88. The monoisotopic (exact) mass is 169 g/mol. The Bertz CT molecular complexity index is 163. The van der Waals surface area contributed by atoms with Gasteiger partial charge in [-0.2, -0.15) is 0 Å². The third kappa shape index (κ3) is 1.80. The molecule has 0 spiro atoms. The van der Waals surface area contributed by atoms with Crippen LogP contribution in [0.3, 0.4) is 0 Å². The lowest BCUT2D eigenvalue weighted by Crippen LogP contribution is -2.45. The highest BCUT2D eigenvalue weighted by Gasteiger charge is 2.40. The summed E-state index contributed by atoms with van der Waals surface area (Å²) in [6, 6.07) is 0. The highest BCUT2D eigenvalue weighted by Crippen LogP contribution is 2.44. The number of β-amino-alcohol motifs (C(OH)–C–C–N with tert-alkyl or cyclic N) is 1. The van der Waals surface area contributed by atoms with Crippen LogP contribution in [0.4, 0.5) is 0 Å². The van der Waals surface area contributed by atoms with E-state index in [0.29, 0.717) is 0 Å². The van der Waals surface area contributed by atoms with Crippen LogP contribution in [-0.2, 0) is 0 Å². The van der Waals surface area contributed by atoms with Crippen LogP contribution < -0.4 is 5.32 Å². The first-order chi connectivity index (χ1) is 5.70. The van der Waals surface area contributed by atoms with Gasteiger partial charge in [-0.3, -0.25) is 0 Å². The number of aliphatic hydroxyl groups is 1. The normalized spacial score (nSPS) is 47.5. The molecule has 2 N–H and O–H groups in total. The first-order valence-corrected chi connectivity index (χ1v) is 5.13. The van der Waals surface area contributed by atoms with Gasteiger partial charge < -0.3 is 10.4 Å². The summed E-state index contributed by atoms with van der Waals surface area (Å²) in [5.74, 6) is 1.69. The highest BCUT2D eigenvalue weighted by molar-refractivity contribution is 4.93. The summed E-state index contributed by atoms with van der Waals surface area (Å²) < 4.78 is 0. The van der Waals surface area contributed by atoms with Crippen molar-refractivity contribution >= 4 is 0 Å². The van der Waals surface area contributed by atoms with E-state index in [1.54, 1.807) is 0 Å². The third-order valence-corrected chi connectivity index (χ3v) is 3.37. The van der Waals surface area contributed by atoms with Crippen molar-refractivity contribution in [3.63, 3.8) is 0 Å². The molecule has 0 amide bonds. The van der Waals surface area contributed by atoms with Crippen molar-refractivity contribution in [3.8, 4) is 0 Å². The minimum Gasteiger partial charge on any atom is -0.389 e. The molecular formula is C10H19NO. The fraction of sp³-hybridized carbons (Fsp3) is 1.00. The average molecular weight is 169 g/mol. The lowest BCUT2D eigenvalue weighted by Gasteiger charge is -2.32. The molecule has 2 aliphatic rings. The van der Waals surface area contributed by atoms with E-state index >= 15 is 0 Å². The van der Waals surface area contributed by atoms with Crippen LogP contribution in [0.1, 0.15) is 32.6 Å². The maximum absolute atomic E-state index is 10.1. The van der Waals surface area contributed by atoms with E-state index in [0.717, 1.165) is 44.2 Å². The second-order valence-corrected chi connectivity index (χ2v) is 4.68. The zero-order chi connectivity index (χ0) is 8.60. The molecule has 0 radical (unpaired) electrons. The van der Waals surface area contributed by atoms with E-state index in [1.807, 2.05) is 0 Å². The fourth-order valence-electron chi connectivity index (χ4n) is 2.30. The van der Waals surface area contributed by atoms with Crippen molar-refractivity contribution in [3.05, 3.63) is 0 Å². The SMILES string of the molecule is CC1CC1CC1(O)CCCNC1. The maximum atomic E-state index is 10.1. The van der Waals surface area contributed by atoms with Gasteiger partial charge in [0.15, 0.2) is 0 Å². The molecule has 70 valence electrons. The van der Waals surface area contributed by atoms with E-state index in [-0.39, 0.29) is 5.60 Å². The standard InChI is InChI=1S/C10H19NO/c1-8-5-9(8)6-10(12)3-2-4-11-7-10/h8-9,11-12H,2-7H2,1H3. The molecule has 12 heavy (non-hydrogen) atoms. The van der Waals surface area contributed by atoms with E-state index in [9.17, 15) is 5.11 Å². The zero-order valence-electron chi connectivity index (χ0n) is 7.84. The van der Waals surface area contributed by atoms with Gasteiger partial charge in [0.25, 0.3) is 0 Å². The topological polar surface area (TPSA) is 32.3 Å². The van der Waals surface area contributed by atoms with Crippen LogP contribution >= 0.6 is 0 Å². The second kappa shape index (κ2) is 3.00. The Morgan fingerprint density at radius 2 is 2.33 bits per heavy atom. The van der Waals surface area contributed by atoms with Gasteiger partial charge in [-0.1, -0.05) is 6.92 Å². The molecule has 0 aromatic heterocycles. The van der Waals surface area contributed by atoms with Gasteiger partial charge in [0, 0.05) is 6.54 Å². The minimum absolute atomic E-state index is 0.367. The maximum Gasteiger partial charge on any atom is 0.0774 e. The van der Waals surface area contributed by atoms with Crippen molar-refractivity contribution in [2.24, 2.45) is 11.8 Å². The van der Waals surface area contributed by atoms with Gasteiger partial charge in [-0.25, -0.2) is 0 Å². The van der Waals surface area contributed by atoms with E-state index in [4.69, 9.17) is 0 Å². The van der Waals surface area contributed by atoms with Crippen LogP contribution in [0.2, 0.25) is 0 Å². The lowest BCUT2D eigenvalue weighted by molar-refractivity contribution is 0.00256. The molecule has 2 nitrogen and oxygen atoms in total. The van der Waals surface area contributed by atoms with Crippen LogP contribution in [0.15, 0.2) is 0 Å². The van der Waals surface area contributed by atoms with Crippen molar-refractivity contribution in [1.29, 1.82) is 0 Å². The molecule has 1 heterocycles. The molecule has 0 bridgehead atoms. The zero-order valence-corrected chi connectivity index (χ0v) is 7.84. The Kier molecular flexibility index (Phi) is 2.13. The number of rotatable bonds is 2. The molecule has 1 saturated carbocycles. The van der Waals surface area contributed by atoms with Gasteiger partial charge in [0.05, 0.1) is 5.60 Å². The molecule has 0 aromatic carbocycles. The molecular weight excluding hydrogens is 150 g/mol. The Morgan fingerprint density at radius 3 is 2.83 bits per heavy atom. The Balaban J connectivity index is 1.83. The summed E-state index contributed by atoms with van der Waals surface area (Å²) in [5, 5.41) is 13.4. The summed E-state index contributed by atoms with van der Waals surface area (Å²) >= 11 is 0. The van der Waals surface area contributed by atoms with Crippen molar-refractivity contribution in [2.75, 3.05) is 13.1 Å². The summed E-state index contributed by atoms with van der Waals surface area (Å²) in [7, 11) is 0. The van der Waals surface area contributed by atoms with Gasteiger partial charge in [0.1, 0.15) is 0 Å². The molecule has 2 rings (SSSR count). The Labute approximate surface area is 74.4 Å². The van der Waals surface area contributed by atoms with E-state index < -0.39 is 0 Å². The fourth-order valence-corrected chi connectivity index (χ4v) is 2.30. The van der Waals surface area contributed by atoms with Crippen molar-refractivity contribution in [1.82, 2.24) is 5.32 Å². The third-order valence-electron chi connectivity index (χ3n) is 3.37. The van der Waals surface area contributed by atoms with Gasteiger partial charge in [-0.05, 0) is 44.1 Å². The molecule has 2 heteroatoms. The van der Waals surface area contributed by atoms with Gasteiger partial charge >= 0.3 is 0 Å². The molecule has 0 aromatic rings. The predicted octanol–water partition coefficient (Wildman–Crippen LogP) is 1.15. The minimum atomic E-state index is -0.367. The molecule has 2 fully saturated rings. The predicted molar refractivity (Wildman–Crippen MR) is 48.9 cm³/mol. The summed E-state index contributed by atoms with van der Waals surface area (Å²) in [6.45, 7) is 4.18. The van der Waals surface area contributed by atoms with E-state index in [2.05, 4.69) is 12.2 Å². The second-order valence-electron chi connectivity index (χ2n) is 4.68. The molecule has 3 unspecified atom stereocenters. The van der Waals surface area contributed by atoms with Crippen LogP contribution in [0, 0.1) is 11.8 Å². The number of piperidine rings is 1. The Hall–Kier alpha value is -0.0800. The first-order valence-electron chi connectivity index (χ1n) is 5.13. The first kappa shape index (κ1) is 8.52. The largest absolute Gasteiger partial charge is 0.389 e. The van der Waals surface area contributed by atoms with Crippen LogP contribution in [-0.4, -0.2) is 23.8 Å². The average Bonchev–Trinajstić information content (AvgIpc) is 2.66. The van der Waals surface area contributed by atoms with Crippen LogP contribution in [0.5, 0.6) is 0 Å². The summed E-state index contributed by atoms with van der Waals surface area (Å²) in [5.41, 5.74) is -0.367. The number of hydrogen-bond donors (Lipinski definition) is 2. The highest BCUT2D eigenvalue weighted by atomic mass is 16.3. The summed E-state index contributed by atoms with van der Waals surface area (Å²) in [4.78, 5) is 0. The quantitative estimate of drug-likeness (QED) is 0.650. The van der Waals surface area contributed by atoms with Crippen LogP contribution in [0.25, 0.3) is 0 Å². The molecule has 1 saturated heterocycles. The smallest absolute Gasteiger partial charge is 0.0774 e. The molecule has 3 atom stereocenters. The van der Waals surface area contributed by atoms with Crippen molar-refractivity contribution < 1.29 is 5.11 Å². The van der Waals surface area contributed by atoms with Gasteiger partial charge in [0.2, 0.25) is 0 Å². The van der Waals surface area contributed by atoms with E-state index in [1.165, 1.54) is 6.42 Å². The number of hydrogen-bond acceptors (Lipinski definition) is 2. The van der Waals surface area contributed by atoms with Crippen molar-refractivity contribution in [2.45, 2.75) is 38.2 Å². The number of nitrogens with one attached hydrogen (secondary N) is 1. The van der Waals surface area contributed by atoms with Gasteiger partial charge in [-0.15, -0.1) is 0 Å². The molecule has 1 aliphatic carbocycles. The summed E-state index contributed by atoms with van der Waals surface area (Å²) in [6.07, 6.45) is 4.50.